The van der Waals surface area contributed by atoms with E-state index in [-0.39, 0.29) is 0 Å². The third-order valence-corrected chi connectivity index (χ3v) is 3.93. The van der Waals surface area contributed by atoms with Gasteiger partial charge in [0.25, 0.3) is 0 Å². The Morgan fingerprint density at radius 1 is 1.60 bits per heavy atom. The predicted molar refractivity (Wildman–Crippen MR) is 90.8 cm³/mol. The smallest absolute Gasteiger partial charge is 0.193 e. The minimum absolute atomic E-state index is 0.469. The van der Waals surface area contributed by atoms with Gasteiger partial charge in [0.2, 0.25) is 0 Å². The number of thiophene rings is 1. The van der Waals surface area contributed by atoms with Crippen LogP contribution in [0.1, 0.15) is 38.2 Å². The van der Waals surface area contributed by atoms with Crippen molar-refractivity contribution in [2.75, 3.05) is 26.7 Å². The highest BCUT2D eigenvalue weighted by Gasteiger charge is 2.08. The van der Waals surface area contributed by atoms with Gasteiger partial charge in [0, 0.05) is 32.6 Å². The fraction of sp³-hybridized carbons (Fsp3) is 0.562. The second-order valence-electron chi connectivity index (χ2n) is 5.00. The molecule has 0 amide bonds. The van der Waals surface area contributed by atoms with Gasteiger partial charge in [-0.05, 0) is 42.2 Å². The Kier molecular flexibility index (Phi) is 8.04. The van der Waals surface area contributed by atoms with Gasteiger partial charge in [0.1, 0.15) is 0 Å². The topological polar surface area (TPSA) is 27.6 Å². The van der Waals surface area contributed by atoms with Gasteiger partial charge in [-0.2, -0.15) is 11.3 Å². The number of allylic oxidation sites excluding steroid dienone is 1. The maximum atomic E-state index is 4.76. The first-order chi connectivity index (χ1) is 9.69. The van der Waals surface area contributed by atoms with E-state index in [1.165, 1.54) is 5.56 Å². The molecule has 1 aromatic heterocycles. The Balaban J connectivity index is 2.54. The van der Waals surface area contributed by atoms with Crippen LogP contribution in [-0.2, 0) is 0 Å². The lowest BCUT2D eigenvalue weighted by molar-refractivity contribution is 0.469. The van der Waals surface area contributed by atoms with E-state index in [1.54, 1.807) is 11.3 Å². The highest BCUT2D eigenvalue weighted by atomic mass is 32.1. The van der Waals surface area contributed by atoms with Crippen molar-refractivity contribution < 1.29 is 0 Å². The second-order valence-corrected chi connectivity index (χ2v) is 5.78. The molecule has 1 aromatic rings. The zero-order valence-corrected chi connectivity index (χ0v) is 13.7. The van der Waals surface area contributed by atoms with Crippen LogP contribution in [0.4, 0.5) is 0 Å². The molecule has 112 valence electrons. The Hall–Kier alpha value is -1.29. The van der Waals surface area contributed by atoms with E-state index in [9.17, 15) is 0 Å². The molecular formula is C16H27N3S. The quantitative estimate of drug-likeness (QED) is 0.342. The molecule has 0 spiro atoms. The van der Waals surface area contributed by atoms with Gasteiger partial charge in [0.15, 0.2) is 5.96 Å². The average molecular weight is 293 g/mol. The summed E-state index contributed by atoms with van der Waals surface area (Å²) in [5, 5.41) is 7.70. The highest BCUT2D eigenvalue weighted by molar-refractivity contribution is 7.07. The van der Waals surface area contributed by atoms with Crippen LogP contribution in [0.15, 0.2) is 34.5 Å². The Labute approximate surface area is 127 Å². The van der Waals surface area contributed by atoms with Crippen molar-refractivity contribution in [3.05, 3.63) is 35.0 Å². The second kappa shape index (κ2) is 9.59. The van der Waals surface area contributed by atoms with Gasteiger partial charge in [0.05, 0.1) is 0 Å². The van der Waals surface area contributed by atoms with Crippen molar-refractivity contribution >= 4 is 17.3 Å². The molecule has 1 atom stereocenters. The molecule has 0 bridgehead atoms. The summed E-state index contributed by atoms with van der Waals surface area (Å²) in [4.78, 5) is 6.96. The van der Waals surface area contributed by atoms with E-state index in [2.05, 4.69) is 54.5 Å². The fourth-order valence-corrected chi connectivity index (χ4v) is 2.71. The number of nitrogens with one attached hydrogen (secondary N) is 1. The number of nitrogens with zero attached hydrogens (tertiary/aromatic N) is 2. The van der Waals surface area contributed by atoms with Crippen LogP contribution in [0, 0.1) is 0 Å². The SMILES string of the molecule is C=CCCCN(C)C(=NCC(C)c1ccsc1)NCC. The van der Waals surface area contributed by atoms with Gasteiger partial charge in [-0.3, -0.25) is 4.99 Å². The monoisotopic (exact) mass is 293 g/mol. The van der Waals surface area contributed by atoms with Crippen LogP contribution in [-0.4, -0.2) is 37.5 Å². The molecule has 0 saturated carbocycles. The van der Waals surface area contributed by atoms with E-state index in [1.807, 2.05) is 6.08 Å². The third kappa shape index (κ3) is 5.78. The zero-order chi connectivity index (χ0) is 14.8. The first-order valence-electron chi connectivity index (χ1n) is 7.31. The Morgan fingerprint density at radius 2 is 2.40 bits per heavy atom. The molecule has 1 N–H and O–H groups in total. The van der Waals surface area contributed by atoms with E-state index >= 15 is 0 Å². The van der Waals surface area contributed by atoms with Crippen LogP contribution in [0.3, 0.4) is 0 Å². The lowest BCUT2D eigenvalue weighted by atomic mass is 10.1. The molecule has 0 aliphatic carbocycles. The van der Waals surface area contributed by atoms with Crippen molar-refractivity contribution in [3.63, 3.8) is 0 Å². The summed E-state index contributed by atoms with van der Waals surface area (Å²) < 4.78 is 0. The molecule has 4 heteroatoms. The molecule has 0 radical (unpaired) electrons. The number of hydrogen-bond donors (Lipinski definition) is 1. The Bertz CT molecular complexity index is 398. The van der Waals surface area contributed by atoms with Crippen LogP contribution in [0.2, 0.25) is 0 Å². The number of aliphatic imine (C=N–C) groups is 1. The number of guanidine groups is 1. The molecule has 20 heavy (non-hydrogen) atoms. The third-order valence-electron chi connectivity index (χ3n) is 3.23. The molecule has 0 aromatic carbocycles. The van der Waals surface area contributed by atoms with Crippen LogP contribution >= 0.6 is 11.3 Å². The summed E-state index contributed by atoms with van der Waals surface area (Å²) in [6.07, 6.45) is 4.14. The molecule has 1 heterocycles. The summed E-state index contributed by atoms with van der Waals surface area (Å²) >= 11 is 1.75. The highest BCUT2D eigenvalue weighted by Crippen LogP contribution is 2.18. The van der Waals surface area contributed by atoms with E-state index in [0.29, 0.717) is 5.92 Å². The Morgan fingerprint density at radius 3 is 3.00 bits per heavy atom. The maximum absolute atomic E-state index is 4.76. The largest absolute Gasteiger partial charge is 0.357 e. The summed E-state index contributed by atoms with van der Waals surface area (Å²) in [6.45, 7) is 10.8. The zero-order valence-electron chi connectivity index (χ0n) is 12.9. The molecule has 3 nitrogen and oxygen atoms in total. The number of hydrogen-bond acceptors (Lipinski definition) is 2. The van der Waals surface area contributed by atoms with E-state index in [4.69, 9.17) is 4.99 Å². The number of rotatable bonds is 8. The minimum Gasteiger partial charge on any atom is -0.357 e. The van der Waals surface area contributed by atoms with Crippen molar-refractivity contribution in [2.24, 2.45) is 4.99 Å². The van der Waals surface area contributed by atoms with E-state index < -0.39 is 0 Å². The van der Waals surface area contributed by atoms with Crippen molar-refractivity contribution in [3.8, 4) is 0 Å². The first-order valence-corrected chi connectivity index (χ1v) is 8.25. The van der Waals surface area contributed by atoms with Gasteiger partial charge >= 0.3 is 0 Å². The van der Waals surface area contributed by atoms with Crippen molar-refractivity contribution in [1.82, 2.24) is 10.2 Å². The molecule has 1 rings (SSSR count). The average Bonchev–Trinajstić information content (AvgIpc) is 2.97. The summed E-state index contributed by atoms with van der Waals surface area (Å²) in [7, 11) is 2.10. The van der Waals surface area contributed by atoms with Gasteiger partial charge in [-0.25, -0.2) is 0 Å². The van der Waals surface area contributed by atoms with Crippen molar-refractivity contribution in [1.29, 1.82) is 0 Å². The van der Waals surface area contributed by atoms with Gasteiger partial charge in [-0.15, -0.1) is 6.58 Å². The minimum atomic E-state index is 0.469. The normalized spacial score (nSPS) is 13.1. The lowest BCUT2D eigenvalue weighted by Crippen LogP contribution is -2.39. The maximum Gasteiger partial charge on any atom is 0.193 e. The molecular weight excluding hydrogens is 266 g/mol. The number of unbranched alkanes of at least 4 members (excludes halogenated alkanes) is 1. The summed E-state index contributed by atoms with van der Waals surface area (Å²) in [5.41, 5.74) is 1.38. The van der Waals surface area contributed by atoms with Crippen molar-refractivity contribution in [2.45, 2.75) is 32.6 Å². The van der Waals surface area contributed by atoms with Crippen LogP contribution < -0.4 is 5.32 Å². The standard InChI is InChI=1S/C16H27N3S/c1-5-7-8-10-19(4)16(17-6-2)18-12-14(3)15-9-11-20-13-15/h5,9,11,13-14H,1,6-8,10,12H2,2-4H3,(H,17,18). The molecule has 0 aliphatic heterocycles. The van der Waals surface area contributed by atoms with Crippen LogP contribution in [0.5, 0.6) is 0 Å². The predicted octanol–water partition coefficient (Wildman–Crippen LogP) is 3.72. The molecule has 1 unspecified atom stereocenters. The molecule has 0 saturated heterocycles. The molecule has 0 aliphatic rings. The van der Waals surface area contributed by atoms with Gasteiger partial charge < -0.3 is 10.2 Å². The fourth-order valence-electron chi connectivity index (χ4n) is 1.93. The summed E-state index contributed by atoms with van der Waals surface area (Å²) in [5.74, 6) is 1.47. The first kappa shape index (κ1) is 16.8. The van der Waals surface area contributed by atoms with Crippen LogP contribution in [0.25, 0.3) is 0 Å². The van der Waals surface area contributed by atoms with Gasteiger partial charge in [-0.1, -0.05) is 13.0 Å². The lowest BCUT2D eigenvalue weighted by Gasteiger charge is -2.22. The van der Waals surface area contributed by atoms with E-state index in [0.717, 1.165) is 38.4 Å². The summed E-state index contributed by atoms with van der Waals surface area (Å²) in [6, 6.07) is 2.19. The molecule has 0 fully saturated rings.